The zero-order valence-corrected chi connectivity index (χ0v) is 68.3. The molecule has 0 aromatic carbocycles. The Bertz CT molecular complexity index is 1970. The first-order valence-corrected chi connectivity index (χ1v) is 45.2. The summed E-state index contributed by atoms with van der Waals surface area (Å²) in [6.45, 7) is 14.3. The van der Waals surface area contributed by atoms with Crippen LogP contribution in [-0.4, -0.2) is 96.7 Å². The van der Waals surface area contributed by atoms with Gasteiger partial charge in [-0.25, -0.2) is 9.13 Å². The highest BCUT2D eigenvalue weighted by molar-refractivity contribution is 7.47. The zero-order chi connectivity index (χ0) is 74.6. The van der Waals surface area contributed by atoms with Gasteiger partial charge in [0.1, 0.15) is 19.3 Å². The van der Waals surface area contributed by atoms with Crippen molar-refractivity contribution in [2.24, 2.45) is 23.7 Å². The van der Waals surface area contributed by atoms with E-state index in [4.69, 9.17) is 37.0 Å². The van der Waals surface area contributed by atoms with Crippen LogP contribution in [-0.2, 0) is 65.4 Å². The highest BCUT2D eigenvalue weighted by atomic mass is 31.2. The molecule has 0 fully saturated rings. The van der Waals surface area contributed by atoms with E-state index in [1.165, 1.54) is 225 Å². The van der Waals surface area contributed by atoms with Crippen LogP contribution in [0.15, 0.2) is 0 Å². The van der Waals surface area contributed by atoms with E-state index < -0.39 is 97.5 Å². The fraction of sp³-hybridized carbons (Fsp3) is 0.951. The second-order valence-corrected chi connectivity index (χ2v) is 34.1. The van der Waals surface area contributed by atoms with Crippen LogP contribution in [0.1, 0.15) is 421 Å². The van der Waals surface area contributed by atoms with E-state index in [9.17, 15) is 43.2 Å². The first-order chi connectivity index (χ1) is 48.6. The summed E-state index contributed by atoms with van der Waals surface area (Å²) in [6.07, 6.45) is 58.2. The molecule has 0 spiro atoms. The van der Waals surface area contributed by atoms with E-state index in [1.54, 1.807) is 0 Å². The number of hydrogen-bond donors (Lipinski definition) is 3. The molecule has 0 radical (unpaired) electrons. The quantitative estimate of drug-likeness (QED) is 0.0222. The number of carbonyl (C=O) groups is 4. The monoisotopic (exact) mass is 1480 g/mol. The minimum absolute atomic E-state index is 0.105. The molecule has 17 nitrogen and oxygen atoms in total. The first-order valence-electron chi connectivity index (χ1n) is 42.2. The van der Waals surface area contributed by atoms with Crippen molar-refractivity contribution in [1.82, 2.24) is 0 Å². The van der Waals surface area contributed by atoms with Gasteiger partial charge >= 0.3 is 39.5 Å². The van der Waals surface area contributed by atoms with Crippen LogP contribution < -0.4 is 0 Å². The van der Waals surface area contributed by atoms with Crippen molar-refractivity contribution in [3.8, 4) is 0 Å². The zero-order valence-electron chi connectivity index (χ0n) is 66.5. The Hall–Kier alpha value is -1.94. The summed E-state index contributed by atoms with van der Waals surface area (Å²) < 4.78 is 68.8. The van der Waals surface area contributed by atoms with E-state index >= 15 is 0 Å². The maximum absolute atomic E-state index is 13.1. The number of carbonyl (C=O) groups excluding carboxylic acids is 4. The molecule has 0 saturated carbocycles. The number of aliphatic hydroxyl groups is 1. The van der Waals surface area contributed by atoms with Gasteiger partial charge in [0.05, 0.1) is 26.4 Å². The Labute approximate surface area is 619 Å². The number of rotatable bonds is 79. The highest BCUT2D eigenvalue weighted by Crippen LogP contribution is 2.45. The van der Waals surface area contributed by atoms with Crippen molar-refractivity contribution in [3.63, 3.8) is 0 Å². The van der Waals surface area contributed by atoms with Crippen molar-refractivity contribution >= 4 is 39.5 Å². The molecule has 0 rings (SSSR count). The maximum atomic E-state index is 13.1. The van der Waals surface area contributed by atoms with Crippen LogP contribution in [0.5, 0.6) is 0 Å². The predicted octanol–water partition coefficient (Wildman–Crippen LogP) is 24.4. The summed E-state index contributed by atoms with van der Waals surface area (Å²) in [4.78, 5) is 73.1. The van der Waals surface area contributed by atoms with Crippen LogP contribution in [0.4, 0.5) is 0 Å². The molecule has 600 valence electrons. The van der Waals surface area contributed by atoms with Gasteiger partial charge in [-0.05, 0) is 49.4 Å². The van der Waals surface area contributed by atoms with Crippen LogP contribution in [0, 0.1) is 23.7 Å². The molecule has 3 unspecified atom stereocenters. The minimum atomic E-state index is -4.96. The van der Waals surface area contributed by atoms with Crippen LogP contribution >= 0.6 is 15.6 Å². The number of phosphoric acid groups is 2. The SMILES string of the molecule is CCC(C)CCCCCCCCCCCCC(=O)O[C@H](COC(=O)CCCCCCCCCCC(C)C)COP(=O)(O)OC[C@H](O)COP(=O)(O)OC[C@@H](COC(=O)CCCCCCCCCCCCCCCCCC(C)C)OC(=O)CCCCCCCCCCCCCCCCCC(C)C. The lowest BCUT2D eigenvalue weighted by Crippen LogP contribution is -2.30. The third-order valence-corrected chi connectivity index (χ3v) is 21.3. The van der Waals surface area contributed by atoms with Gasteiger partial charge in [-0.1, -0.05) is 370 Å². The molecule has 0 aromatic heterocycles. The second kappa shape index (κ2) is 71.0. The Kier molecular flexibility index (Phi) is 69.6. The number of ether oxygens (including phenoxy) is 4. The second-order valence-electron chi connectivity index (χ2n) is 31.2. The van der Waals surface area contributed by atoms with Crippen molar-refractivity contribution in [2.75, 3.05) is 39.6 Å². The molecule has 19 heteroatoms. The molecule has 0 saturated heterocycles. The standard InChI is InChI=1S/C82H160O17P2/c1-9-75(8)61-53-45-37-28-24-25-31-41-49-57-65-82(87)99-78(69-93-80(85)63-55-47-39-33-32-36-44-52-60-74(6)7)71-97-101(90,91)95-67-76(83)66-94-100(88,89)96-70-77(98-81(86)64-56-48-40-30-23-19-15-11-13-17-21-27-35-43-51-59-73(4)5)68-92-79(84)62-54-46-38-29-22-18-14-10-12-16-20-26-34-42-50-58-72(2)3/h72-78,83H,9-71H2,1-8H3,(H,88,89)(H,90,91)/t75?,76-,77-,78-/m1/s1. The van der Waals surface area contributed by atoms with Crippen LogP contribution in [0.2, 0.25) is 0 Å². The highest BCUT2D eigenvalue weighted by Gasteiger charge is 2.30. The number of hydrogen-bond acceptors (Lipinski definition) is 15. The third kappa shape index (κ3) is 74.7. The molecule has 0 aliphatic rings. The minimum Gasteiger partial charge on any atom is -0.462 e. The maximum Gasteiger partial charge on any atom is 0.472 e. The molecule has 0 bridgehead atoms. The Morgan fingerprint density at radius 1 is 0.277 bits per heavy atom. The van der Waals surface area contributed by atoms with E-state index in [2.05, 4.69) is 55.4 Å². The molecule has 6 atom stereocenters. The van der Waals surface area contributed by atoms with Crippen molar-refractivity contribution in [1.29, 1.82) is 0 Å². The number of aliphatic hydroxyl groups excluding tert-OH is 1. The van der Waals surface area contributed by atoms with Crippen molar-refractivity contribution < 1.29 is 80.2 Å². The van der Waals surface area contributed by atoms with Crippen molar-refractivity contribution in [3.05, 3.63) is 0 Å². The normalized spacial score (nSPS) is 14.3. The van der Waals surface area contributed by atoms with Gasteiger partial charge in [-0.2, -0.15) is 0 Å². The molecule has 0 aliphatic carbocycles. The fourth-order valence-electron chi connectivity index (χ4n) is 12.6. The summed E-state index contributed by atoms with van der Waals surface area (Å²) in [5.41, 5.74) is 0. The lowest BCUT2D eigenvalue weighted by Gasteiger charge is -2.21. The third-order valence-electron chi connectivity index (χ3n) is 19.4. The summed E-state index contributed by atoms with van der Waals surface area (Å²) in [5.74, 6) is 1.03. The van der Waals surface area contributed by atoms with E-state index in [0.717, 1.165) is 114 Å². The molecule has 0 aromatic rings. The van der Waals surface area contributed by atoms with Gasteiger partial charge < -0.3 is 33.8 Å². The summed E-state index contributed by atoms with van der Waals surface area (Å²) in [7, 11) is -9.92. The van der Waals surface area contributed by atoms with Gasteiger partial charge in [0.15, 0.2) is 12.2 Å². The smallest absolute Gasteiger partial charge is 0.462 e. The van der Waals surface area contributed by atoms with Crippen LogP contribution in [0.3, 0.4) is 0 Å². The molecule has 0 amide bonds. The molecular formula is C82H160O17P2. The lowest BCUT2D eigenvalue weighted by atomic mass is 9.99. The predicted molar refractivity (Wildman–Crippen MR) is 414 cm³/mol. The Morgan fingerprint density at radius 2 is 0.475 bits per heavy atom. The largest absolute Gasteiger partial charge is 0.472 e. The first kappa shape index (κ1) is 99.1. The van der Waals surface area contributed by atoms with Gasteiger partial charge in [0.25, 0.3) is 0 Å². The van der Waals surface area contributed by atoms with Gasteiger partial charge in [0, 0.05) is 25.7 Å². The van der Waals surface area contributed by atoms with Gasteiger partial charge in [0.2, 0.25) is 0 Å². The average Bonchev–Trinajstić information content (AvgIpc) is 0.955. The number of unbranched alkanes of at least 4 members (excludes halogenated alkanes) is 44. The van der Waals surface area contributed by atoms with Gasteiger partial charge in [-0.3, -0.25) is 37.3 Å². The molecule has 0 heterocycles. The summed E-state index contributed by atoms with van der Waals surface area (Å²) >= 11 is 0. The van der Waals surface area contributed by atoms with Crippen LogP contribution in [0.25, 0.3) is 0 Å². The van der Waals surface area contributed by atoms with E-state index in [-0.39, 0.29) is 25.7 Å². The Balaban J connectivity index is 5.26. The van der Waals surface area contributed by atoms with E-state index in [0.29, 0.717) is 25.7 Å². The van der Waals surface area contributed by atoms with E-state index in [1.807, 2.05) is 0 Å². The molecule has 101 heavy (non-hydrogen) atoms. The summed E-state index contributed by atoms with van der Waals surface area (Å²) in [6, 6.07) is 0. The van der Waals surface area contributed by atoms with Crippen molar-refractivity contribution in [2.45, 2.75) is 440 Å². The number of esters is 4. The fourth-order valence-corrected chi connectivity index (χ4v) is 14.2. The van der Waals surface area contributed by atoms with Gasteiger partial charge in [-0.15, -0.1) is 0 Å². The molecule has 3 N–H and O–H groups in total. The molecular weight excluding hydrogens is 1320 g/mol. The Morgan fingerprint density at radius 3 is 0.703 bits per heavy atom. The molecule has 0 aliphatic heterocycles. The average molecular weight is 1480 g/mol. The lowest BCUT2D eigenvalue weighted by molar-refractivity contribution is -0.161. The number of phosphoric ester groups is 2. The summed E-state index contributed by atoms with van der Waals surface area (Å²) in [5, 5.41) is 10.7. The topological polar surface area (TPSA) is 237 Å².